The molecule has 0 unspecified atom stereocenters. The van der Waals surface area contributed by atoms with E-state index in [-0.39, 0.29) is 5.82 Å². The molecule has 1 amide bonds. The summed E-state index contributed by atoms with van der Waals surface area (Å²) in [5, 5.41) is 2.38. The van der Waals surface area contributed by atoms with Gasteiger partial charge in [-0.25, -0.2) is 13.8 Å². The Bertz CT molecular complexity index is 1220. The third kappa shape index (κ3) is 4.83. The first-order chi connectivity index (χ1) is 15.5. The van der Waals surface area contributed by atoms with Crippen molar-refractivity contribution in [2.75, 3.05) is 5.32 Å². The number of amides is 1. The van der Waals surface area contributed by atoms with Crippen LogP contribution >= 0.6 is 0 Å². The first-order valence-electron chi connectivity index (χ1n) is 10.1. The van der Waals surface area contributed by atoms with E-state index < -0.39 is 23.1 Å². The molecule has 160 valence electrons. The number of nitrogens with one attached hydrogen (secondary N) is 1. The van der Waals surface area contributed by atoms with Crippen LogP contribution in [0.3, 0.4) is 0 Å². The van der Waals surface area contributed by atoms with Gasteiger partial charge >= 0.3 is 0 Å². The maximum atomic E-state index is 13.8. The summed E-state index contributed by atoms with van der Waals surface area (Å²) < 4.78 is 27.6. The molecule has 0 saturated carbocycles. The zero-order valence-corrected chi connectivity index (χ0v) is 17.3. The van der Waals surface area contributed by atoms with Gasteiger partial charge in [-0.15, -0.1) is 0 Å². The van der Waals surface area contributed by atoms with Gasteiger partial charge in [-0.05, 0) is 60.7 Å². The smallest absolute Gasteiger partial charge is 0.262 e. The fraction of sp³-hybridized carbons (Fsp3) is 0.120. The van der Waals surface area contributed by atoms with Gasteiger partial charge < -0.3 is 5.32 Å². The fourth-order valence-corrected chi connectivity index (χ4v) is 3.36. The minimum absolute atomic E-state index is 0.104. The standard InChI is InChI=1S/C25H20F2N4O/c1-16-7-8-17(9-10-18-4-3-11-28-13-18)12-19(16)22-14-30-23(15-29-22)31-25(32)24-20(26)5-2-6-21(24)27/h2-8,11-15H,9-10H2,1H3,(H,30,31,32). The lowest BCUT2D eigenvalue weighted by atomic mass is 9.99. The Labute approximate surface area is 184 Å². The summed E-state index contributed by atoms with van der Waals surface area (Å²) in [5.74, 6) is -2.69. The van der Waals surface area contributed by atoms with Crippen molar-refractivity contribution < 1.29 is 13.6 Å². The van der Waals surface area contributed by atoms with E-state index in [4.69, 9.17) is 0 Å². The minimum Gasteiger partial charge on any atom is -0.305 e. The minimum atomic E-state index is -0.939. The first-order valence-corrected chi connectivity index (χ1v) is 10.1. The number of anilines is 1. The molecular weight excluding hydrogens is 410 g/mol. The Hall–Kier alpha value is -4.00. The zero-order valence-electron chi connectivity index (χ0n) is 17.3. The number of carbonyl (C=O) groups excluding carboxylic acids is 1. The summed E-state index contributed by atoms with van der Waals surface area (Å²) in [6, 6.07) is 13.4. The van der Waals surface area contributed by atoms with Crippen molar-refractivity contribution in [2.24, 2.45) is 0 Å². The van der Waals surface area contributed by atoms with Crippen molar-refractivity contribution in [2.45, 2.75) is 19.8 Å². The van der Waals surface area contributed by atoms with E-state index in [1.807, 2.05) is 31.3 Å². The largest absolute Gasteiger partial charge is 0.305 e. The van der Waals surface area contributed by atoms with E-state index in [0.29, 0.717) is 5.69 Å². The van der Waals surface area contributed by atoms with Gasteiger partial charge in [-0.3, -0.25) is 14.8 Å². The number of pyridine rings is 1. The third-order valence-corrected chi connectivity index (χ3v) is 5.09. The fourth-order valence-electron chi connectivity index (χ4n) is 3.36. The number of nitrogens with zero attached hydrogens (tertiary/aromatic N) is 3. The molecule has 0 aliphatic rings. The number of hydrogen-bond acceptors (Lipinski definition) is 4. The molecule has 4 aromatic rings. The van der Waals surface area contributed by atoms with Gasteiger partial charge in [0.15, 0.2) is 5.82 Å². The molecular formula is C25H20F2N4O. The molecule has 0 radical (unpaired) electrons. The molecule has 2 aromatic heterocycles. The molecule has 0 aliphatic heterocycles. The maximum absolute atomic E-state index is 13.8. The van der Waals surface area contributed by atoms with Gasteiger partial charge in [0.1, 0.15) is 17.2 Å². The second-order valence-electron chi connectivity index (χ2n) is 7.35. The molecule has 32 heavy (non-hydrogen) atoms. The van der Waals surface area contributed by atoms with Gasteiger partial charge in [0.05, 0.1) is 18.1 Å². The van der Waals surface area contributed by atoms with Crippen LogP contribution in [-0.2, 0) is 12.8 Å². The molecule has 0 fully saturated rings. The number of carbonyl (C=O) groups is 1. The van der Waals surface area contributed by atoms with E-state index >= 15 is 0 Å². The molecule has 1 N–H and O–H groups in total. The van der Waals surface area contributed by atoms with E-state index in [9.17, 15) is 13.6 Å². The van der Waals surface area contributed by atoms with Crippen LogP contribution in [-0.4, -0.2) is 20.9 Å². The number of aromatic nitrogens is 3. The summed E-state index contributed by atoms with van der Waals surface area (Å²) in [6.45, 7) is 1.98. The molecule has 0 spiro atoms. The number of aryl methyl sites for hydroxylation is 3. The Kier molecular flexibility index (Phi) is 6.26. The second kappa shape index (κ2) is 9.43. The summed E-state index contributed by atoms with van der Waals surface area (Å²) >= 11 is 0. The molecule has 5 nitrogen and oxygen atoms in total. The van der Waals surface area contributed by atoms with E-state index in [0.717, 1.165) is 41.7 Å². The van der Waals surface area contributed by atoms with Crippen LogP contribution in [0.5, 0.6) is 0 Å². The second-order valence-corrected chi connectivity index (χ2v) is 7.35. The summed E-state index contributed by atoms with van der Waals surface area (Å²) in [4.78, 5) is 25.0. The van der Waals surface area contributed by atoms with Crippen molar-refractivity contribution in [3.63, 3.8) is 0 Å². The van der Waals surface area contributed by atoms with Crippen molar-refractivity contribution in [3.8, 4) is 11.3 Å². The lowest BCUT2D eigenvalue weighted by molar-refractivity contribution is 0.101. The van der Waals surface area contributed by atoms with Crippen LogP contribution in [0, 0.1) is 18.6 Å². The van der Waals surface area contributed by atoms with Crippen molar-refractivity contribution in [1.29, 1.82) is 0 Å². The number of halogens is 2. The SMILES string of the molecule is Cc1ccc(CCc2cccnc2)cc1-c1cnc(NC(=O)c2c(F)cccc2F)cn1. The van der Waals surface area contributed by atoms with E-state index in [1.54, 1.807) is 6.20 Å². The van der Waals surface area contributed by atoms with Gasteiger partial charge in [-0.1, -0.05) is 24.3 Å². The highest BCUT2D eigenvalue weighted by Crippen LogP contribution is 2.24. The predicted octanol–water partition coefficient (Wildman–Crippen LogP) is 5.16. The number of hydrogen-bond donors (Lipinski definition) is 1. The van der Waals surface area contributed by atoms with E-state index in [1.165, 1.54) is 24.0 Å². The lowest BCUT2D eigenvalue weighted by Gasteiger charge is -2.10. The third-order valence-electron chi connectivity index (χ3n) is 5.09. The maximum Gasteiger partial charge on any atom is 0.262 e. The van der Waals surface area contributed by atoms with Crippen molar-refractivity contribution in [1.82, 2.24) is 15.0 Å². The molecule has 2 heterocycles. The first kappa shape index (κ1) is 21.2. The molecule has 7 heteroatoms. The highest BCUT2D eigenvalue weighted by atomic mass is 19.1. The Morgan fingerprint density at radius 1 is 0.906 bits per heavy atom. The van der Waals surface area contributed by atoms with Crippen molar-refractivity contribution >= 4 is 11.7 Å². The van der Waals surface area contributed by atoms with Gasteiger partial charge in [-0.2, -0.15) is 0 Å². The normalized spacial score (nSPS) is 10.7. The Morgan fingerprint density at radius 3 is 2.38 bits per heavy atom. The van der Waals surface area contributed by atoms with Gasteiger partial charge in [0, 0.05) is 18.0 Å². The molecule has 0 bridgehead atoms. The van der Waals surface area contributed by atoms with E-state index in [2.05, 4.69) is 32.4 Å². The highest BCUT2D eigenvalue weighted by molar-refractivity contribution is 6.04. The average molecular weight is 430 g/mol. The quantitative estimate of drug-likeness (QED) is 0.459. The summed E-state index contributed by atoms with van der Waals surface area (Å²) in [5.41, 5.74) is 4.27. The monoisotopic (exact) mass is 430 g/mol. The molecule has 4 rings (SSSR count). The lowest BCUT2D eigenvalue weighted by Crippen LogP contribution is -2.16. The number of benzene rings is 2. The Morgan fingerprint density at radius 2 is 1.69 bits per heavy atom. The average Bonchev–Trinajstić information content (AvgIpc) is 2.80. The van der Waals surface area contributed by atoms with Crippen LogP contribution < -0.4 is 5.32 Å². The van der Waals surface area contributed by atoms with Crippen LogP contribution in [0.1, 0.15) is 27.0 Å². The van der Waals surface area contributed by atoms with Crippen LogP contribution in [0.2, 0.25) is 0 Å². The van der Waals surface area contributed by atoms with Crippen LogP contribution in [0.4, 0.5) is 14.6 Å². The topological polar surface area (TPSA) is 67.8 Å². The van der Waals surface area contributed by atoms with Crippen LogP contribution in [0.25, 0.3) is 11.3 Å². The number of rotatable bonds is 6. The predicted molar refractivity (Wildman–Crippen MR) is 118 cm³/mol. The summed E-state index contributed by atoms with van der Waals surface area (Å²) in [6.07, 6.45) is 8.24. The molecule has 0 saturated heterocycles. The highest BCUT2D eigenvalue weighted by Gasteiger charge is 2.17. The van der Waals surface area contributed by atoms with Crippen LogP contribution in [0.15, 0.2) is 73.3 Å². The van der Waals surface area contributed by atoms with Gasteiger partial charge in [0.25, 0.3) is 5.91 Å². The van der Waals surface area contributed by atoms with Crippen molar-refractivity contribution in [3.05, 3.63) is 107 Å². The van der Waals surface area contributed by atoms with Gasteiger partial charge in [0.2, 0.25) is 0 Å². The molecule has 0 aliphatic carbocycles. The molecule has 0 atom stereocenters. The zero-order chi connectivity index (χ0) is 22.5. The Balaban J connectivity index is 1.49. The summed E-state index contributed by atoms with van der Waals surface area (Å²) in [7, 11) is 0. The molecule has 2 aromatic carbocycles.